The van der Waals surface area contributed by atoms with Crippen LogP contribution in [-0.2, 0) is 4.79 Å². The van der Waals surface area contributed by atoms with Crippen LogP contribution in [0.1, 0.15) is 32.6 Å². The van der Waals surface area contributed by atoms with E-state index in [-0.39, 0.29) is 24.4 Å². The molecule has 2 rings (SSSR count). The maximum Gasteiger partial charge on any atom is 0.228 e. The van der Waals surface area contributed by atoms with Gasteiger partial charge in [0.1, 0.15) is 0 Å². The van der Waals surface area contributed by atoms with Crippen molar-refractivity contribution in [3.8, 4) is 0 Å². The maximum absolute atomic E-state index is 12.2. The molecule has 4 nitrogen and oxygen atoms in total. The van der Waals surface area contributed by atoms with E-state index in [9.17, 15) is 15.0 Å². The van der Waals surface area contributed by atoms with E-state index in [4.69, 9.17) is 0 Å². The SMILES string of the molecule is CC1(C(=O)N2CC(O)C(O)C2)CCCC1. The highest BCUT2D eigenvalue weighted by atomic mass is 16.3. The van der Waals surface area contributed by atoms with E-state index in [0.717, 1.165) is 25.7 Å². The number of carbonyl (C=O) groups excluding carboxylic acids is 1. The number of amides is 1. The van der Waals surface area contributed by atoms with Gasteiger partial charge in [0.05, 0.1) is 12.2 Å². The average Bonchev–Trinajstić information content (AvgIpc) is 2.75. The minimum absolute atomic E-state index is 0.107. The summed E-state index contributed by atoms with van der Waals surface area (Å²) in [5, 5.41) is 18.8. The Bertz CT molecular complexity index is 251. The van der Waals surface area contributed by atoms with Gasteiger partial charge in [0.25, 0.3) is 0 Å². The van der Waals surface area contributed by atoms with Crippen molar-refractivity contribution >= 4 is 5.91 Å². The number of β-amino-alcohol motifs (C(OH)–C–C–N with tert-alkyl or cyclic N) is 2. The monoisotopic (exact) mass is 213 g/mol. The highest BCUT2D eigenvalue weighted by Gasteiger charge is 2.42. The third-order valence-corrected chi connectivity index (χ3v) is 3.77. The lowest BCUT2D eigenvalue weighted by Crippen LogP contribution is -2.40. The predicted molar refractivity (Wildman–Crippen MR) is 55.2 cm³/mol. The van der Waals surface area contributed by atoms with Crippen LogP contribution in [0.15, 0.2) is 0 Å². The molecule has 2 aliphatic rings. The molecule has 15 heavy (non-hydrogen) atoms. The molecule has 0 aromatic carbocycles. The number of nitrogens with zero attached hydrogens (tertiary/aromatic N) is 1. The van der Waals surface area contributed by atoms with Crippen molar-refractivity contribution in [3.63, 3.8) is 0 Å². The molecule has 1 aliphatic carbocycles. The van der Waals surface area contributed by atoms with Crippen molar-refractivity contribution in [1.29, 1.82) is 0 Å². The third kappa shape index (κ3) is 1.88. The summed E-state index contributed by atoms with van der Waals surface area (Å²) < 4.78 is 0. The molecule has 0 radical (unpaired) electrons. The highest BCUT2D eigenvalue weighted by Crippen LogP contribution is 2.39. The smallest absolute Gasteiger partial charge is 0.228 e. The van der Waals surface area contributed by atoms with Crippen LogP contribution < -0.4 is 0 Å². The molecular weight excluding hydrogens is 194 g/mol. The Morgan fingerprint density at radius 3 is 2.13 bits per heavy atom. The molecule has 0 bridgehead atoms. The minimum atomic E-state index is -0.765. The summed E-state index contributed by atoms with van der Waals surface area (Å²) in [6.07, 6.45) is 2.57. The molecule has 86 valence electrons. The normalized spacial score (nSPS) is 34.7. The number of rotatable bonds is 1. The van der Waals surface area contributed by atoms with E-state index in [1.807, 2.05) is 6.92 Å². The lowest BCUT2D eigenvalue weighted by molar-refractivity contribution is -0.140. The van der Waals surface area contributed by atoms with Crippen LogP contribution in [0.3, 0.4) is 0 Å². The first-order chi connectivity index (χ1) is 7.03. The molecule has 1 saturated heterocycles. The van der Waals surface area contributed by atoms with Crippen LogP contribution in [0.2, 0.25) is 0 Å². The number of hydrogen-bond donors (Lipinski definition) is 2. The van der Waals surface area contributed by atoms with Crippen LogP contribution in [0, 0.1) is 5.41 Å². The van der Waals surface area contributed by atoms with Gasteiger partial charge in [-0.15, -0.1) is 0 Å². The zero-order chi connectivity index (χ0) is 11.1. The first kappa shape index (κ1) is 10.9. The van der Waals surface area contributed by atoms with E-state index in [1.54, 1.807) is 4.90 Å². The zero-order valence-electron chi connectivity index (χ0n) is 9.15. The molecular formula is C11H19NO3. The molecule has 1 saturated carbocycles. The fourth-order valence-electron chi connectivity index (χ4n) is 2.69. The van der Waals surface area contributed by atoms with Crippen molar-refractivity contribution in [1.82, 2.24) is 4.90 Å². The van der Waals surface area contributed by atoms with Gasteiger partial charge in [-0.3, -0.25) is 4.79 Å². The highest BCUT2D eigenvalue weighted by molar-refractivity contribution is 5.83. The Morgan fingerprint density at radius 1 is 1.20 bits per heavy atom. The second-order valence-electron chi connectivity index (χ2n) is 5.11. The van der Waals surface area contributed by atoms with Gasteiger partial charge in [0.15, 0.2) is 0 Å². The van der Waals surface area contributed by atoms with Gasteiger partial charge >= 0.3 is 0 Å². The minimum Gasteiger partial charge on any atom is -0.388 e. The van der Waals surface area contributed by atoms with Crippen LogP contribution in [-0.4, -0.2) is 46.3 Å². The molecule has 0 aromatic heterocycles. The summed E-state index contributed by atoms with van der Waals surface area (Å²) in [4.78, 5) is 13.8. The zero-order valence-corrected chi connectivity index (χ0v) is 9.15. The second-order valence-corrected chi connectivity index (χ2v) is 5.11. The molecule has 2 fully saturated rings. The predicted octanol–water partition coefficient (Wildman–Crippen LogP) is 0.131. The van der Waals surface area contributed by atoms with Crippen molar-refractivity contribution in [2.75, 3.05) is 13.1 Å². The molecule has 1 heterocycles. The second kappa shape index (κ2) is 3.76. The van der Waals surface area contributed by atoms with Gasteiger partial charge in [0, 0.05) is 18.5 Å². The summed E-state index contributed by atoms with van der Waals surface area (Å²) in [6, 6.07) is 0. The number of likely N-dealkylation sites (tertiary alicyclic amines) is 1. The number of carbonyl (C=O) groups is 1. The fraction of sp³-hybridized carbons (Fsp3) is 0.909. The number of aliphatic hydroxyl groups is 2. The molecule has 1 amide bonds. The third-order valence-electron chi connectivity index (χ3n) is 3.77. The van der Waals surface area contributed by atoms with E-state index in [1.165, 1.54) is 0 Å². The van der Waals surface area contributed by atoms with Crippen molar-refractivity contribution < 1.29 is 15.0 Å². The number of aliphatic hydroxyl groups excluding tert-OH is 2. The lowest BCUT2D eigenvalue weighted by Gasteiger charge is -2.28. The van der Waals surface area contributed by atoms with E-state index < -0.39 is 12.2 Å². The number of hydrogen-bond acceptors (Lipinski definition) is 3. The average molecular weight is 213 g/mol. The quantitative estimate of drug-likeness (QED) is 0.651. The largest absolute Gasteiger partial charge is 0.388 e. The Hall–Kier alpha value is -0.610. The topological polar surface area (TPSA) is 60.8 Å². The maximum atomic E-state index is 12.2. The van der Waals surface area contributed by atoms with Crippen LogP contribution in [0.5, 0.6) is 0 Å². The molecule has 2 unspecified atom stereocenters. The first-order valence-electron chi connectivity index (χ1n) is 5.68. The first-order valence-corrected chi connectivity index (χ1v) is 5.68. The summed E-state index contributed by atoms with van der Waals surface area (Å²) in [5.41, 5.74) is -0.246. The fourth-order valence-corrected chi connectivity index (χ4v) is 2.69. The molecule has 2 atom stereocenters. The van der Waals surface area contributed by atoms with Gasteiger partial charge in [-0.05, 0) is 12.8 Å². The van der Waals surface area contributed by atoms with Crippen molar-refractivity contribution in [2.24, 2.45) is 5.41 Å². The molecule has 0 aromatic rings. The van der Waals surface area contributed by atoms with Crippen LogP contribution in [0.4, 0.5) is 0 Å². The molecule has 2 N–H and O–H groups in total. The summed E-state index contributed by atoms with van der Waals surface area (Å²) in [5.74, 6) is 0.107. The van der Waals surface area contributed by atoms with Crippen molar-refractivity contribution in [3.05, 3.63) is 0 Å². The standard InChI is InChI=1S/C11H19NO3/c1-11(4-2-3-5-11)10(15)12-6-8(13)9(14)7-12/h8-9,13-14H,2-7H2,1H3. The van der Waals surface area contributed by atoms with Gasteiger partial charge in [-0.1, -0.05) is 19.8 Å². The van der Waals surface area contributed by atoms with Crippen molar-refractivity contribution in [2.45, 2.75) is 44.8 Å². The molecule has 0 spiro atoms. The van der Waals surface area contributed by atoms with Gasteiger partial charge in [-0.2, -0.15) is 0 Å². The summed E-state index contributed by atoms with van der Waals surface area (Å²) in [6.45, 7) is 2.57. The van der Waals surface area contributed by atoms with Gasteiger partial charge in [0.2, 0.25) is 5.91 Å². The van der Waals surface area contributed by atoms with Crippen LogP contribution >= 0.6 is 0 Å². The van der Waals surface area contributed by atoms with Gasteiger partial charge < -0.3 is 15.1 Å². The Kier molecular flexibility index (Phi) is 2.73. The van der Waals surface area contributed by atoms with Gasteiger partial charge in [-0.25, -0.2) is 0 Å². The molecule has 4 heteroatoms. The van der Waals surface area contributed by atoms with E-state index in [2.05, 4.69) is 0 Å². The Balaban J connectivity index is 2.02. The Labute approximate surface area is 89.9 Å². The summed E-state index contributed by atoms with van der Waals surface area (Å²) in [7, 11) is 0. The molecule has 1 aliphatic heterocycles. The van der Waals surface area contributed by atoms with E-state index >= 15 is 0 Å². The van der Waals surface area contributed by atoms with E-state index in [0.29, 0.717) is 0 Å². The lowest BCUT2D eigenvalue weighted by atomic mass is 9.87. The Morgan fingerprint density at radius 2 is 1.67 bits per heavy atom. The summed E-state index contributed by atoms with van der Waals surface area (Å²) >= 11 is 0. The van der Waals surface area contributed by atoms with Crippen LogP contribution in [0.25, 0.3) is 0 Å².